The molecule has 0 amide bonds. The number of carbonyl (C=O) groups is 1. The second-order valence-corrected chi connectivity index (χ2v) is 4.40. The Morgan fingerprint density at radius 1 is 1.41 bits per heavy atom. The minimum atomic E-state index is -0.772. The number of aliphatic carboxylic acids is 1. The van der Waals surface area contributed by atoms with Gasteiger partial charge in [-0.25, -0.2) is 0 Å². The summed E-state index contributed by atoms with van der Waals surface area (Å²) in [6.45, 7) is 2.21. The third kappa shape index (κ3) is 2.65. The summed E-state index contributed by atoms with van der Waals surface area (Å²) in [5.41, 5.74) is 2.02. The molecule has 0 saturated carbocycles. The van der Waals surface area contributed by atoms with Crippen molar-refractivity contribution < 1.29 is 15.0 Å². The van der Waals surface area contributed by atoms with Crippen molar-refractivity contribution in [2.45, 2.75) is 18.9 Å². The van der Waals surface area contributed by atoms with Crippen LogP contribution in [0.1, 0.15) is 23.5 Å². The Kier molecular flexibility index (Phi) is 3.76. The summed E-state index contributed by atoms with van der Waals surface area (Å²) < 4.78 is 0. The molecule has 1 aromatic rings. The molecular weight excluding hydrogens is 218 g/mol. The topological polar surface area (TPSA) is 60.8 Å². The summed E-state index contributed by atoms with van der Waals surface area (Å²) in [5, 5.41) is 18.1. The molecule has 1 aliphatic heterocycles. The number of rotatable bonds is 4. The molecule has 0 spiro atoms. The summed E-state index contributed by atoms with van der Waals surface area (Å²) in [4.78, 5) is 13.4. The van der Waals surface area contributed by atoms with Crippen LogP contribution in [0.2, 0.25) is 0 Å². The van der Waals surface area contributed by atoms with Crippen molar-refractivity contribution in [3.05, 3.63) is 35.4 Å². The number of hydrogen-bond acceptors (Lipinski definition) is 3. The largest absolute Gasteiger partial charge is 0.481 e. The maximum Gasteiger partial charge on any atom is 0.312 e. The van der Waals surface area contributed by atoms with E-state index >= 15 is 0 Å². The number of hydrogen-bond donors (Lipinski definition) is 2. The number of carboxylic acid groups (broad SMARTS) is 1. The maximum absolute atomic E-state index is 11.3. The lowest BCUT2D eigenvalue weighted by Crippen LogP contribution is -2.37. The Bertz CT molecular complexity index is 405. The first-order valence-corrected chi connectivity index (χ1v) is 5.86. The molecule has 1 atom stereocenters. The molecule has 1 unspecified atom stereocenters. The van der Waals surface area contributed by atoms with Crippen LogP contribution in [-0.2, 0) is 11.3 Å². The van der Waals surface area contributed by atoms with Crippen LogP contribution in [0.4, 0.5) is 0 Å². The Hall–Kier alpha value is -1.39. The molecule has 17 heavy (non-hydrogen) atoms. The zero-order valence-corrected chi connectivity index (χ0v) is 9.67. The molecule has 0 fully saturated rings. The van der Waals surface area contributed by atoms with Crippen molar-refractivity contribution in [2.24, 2.45) is 0 Å². The highest BCUT2D eigenvalue weighted by Crippen LogP contribution is 2.28. The first kappa shape index (κ1) is 12.1. The van der Waals surface area contributed by atoms with E-state index in [0.717, 1.165) is 24.2 Å². The molecule has 92 valence electrons. The van der Waals surface area contributed by atoms with Gasteiger partial charge in [0.1, 0.15) is 0 Å². The fourth-order valence-electron chi connectivity index (χ4n) is 2.36. The fraction of sp³-hybridized carbons (Fsp3) is 0.462. The van der Waals surface area contributed by atoms with Crippen LogP contribution >= 0.6 is 0 Å². The lowest BCUT2D eigenvalue weighted by molar-refractivity contribution is -0.139. The van der Waals surface area contributed by atoms with Crippen LogP contribution in [0.25, 0.3) is 0 Å². The highest BCUT2D eigenvalue weighted by molar-refractivity contribution is 5.77. The lowest BCUT2D eigenvalue weighted by Gasteiger charge is -2.32. The van der Waals surface area contributed by atoms with E-state index in [1.165, 1.54) is 0 Å². The van der Waals surface area contributed by atoms with Gasteiger partial charge in [-0.1, -0.05) is 24.3 Å². The minimum absolute atomic E-state index is 0.149. The molecule has 0 aliphatic carbocycles. The molecule has 1 aliphatic rings. The van der Waals surface area contributed by atoms with Crippen LogP contribution in [0.15, 0.2) is 24.3 Å². The number of carboxylic acids is 1. The molecule has 2 rings (SSSR count). The van der Waals surface area contributed by atoms with Gasteiger partial charge in [-0.3, -0.25) is 9.69 Å². The van der Waals surface area contributed by atoms with Gasteiger partial charge < -0.3 is 10.2 Å². The normalized spacial score (nSPS) is 19.9. The summed E-state index contributed by atoms with van der Waals surface area (Å²) in [6, 6.07) is 7.71. The predicted octanol–water partition coefficient (Wildman–Crippen LogP) is 1.05. The molecule has 4 nitrogen and oxygen atoms in total. The van der Waals surface area contributed by atoms with E-state index in [2.05, 4.69) is 4.90 Å². The van der Waals surface area contributed by atoms with Crippen LogP contribution < -0.4 is 0 Å². The van der Waals surface area contributed by atoms with Gasteiger partial charge in [0.05, 0.1) is 5.92 Å². The number of benzene rings is 1. The molecular formula is C13H17NO3. The van der Waals surface area contributed by atoms with Crippen LogP contribution in [0.5, 0.6) is 0 Å². The van der Waals surface area contributed by atoms with Crippen LogP contribution in [-0.4, -0.2) is 40.8 Å². The van der Waals surface area contributed by atoms with E-state index in [1.54, 1.807) is 0 Å². The van der Waals surface area contributed by atoms with Gasteiger partial charge in [0.2, 0.25) is 0 Å². The maximum atomic E-state index is 11.3. The summed E-state index contributed by atoms with van der Waals surface area (Å²) in [5.74, 6) is -1.22. The average Bonchev–Trinajstić information content (AvgIpc) is 2.35. The number of fused-ring (bicyclic) bond motifs is 1. The third-order valence-electron chi connectivity index (χ3n) is 3.20. The Labute approximate surface area is 100 Å². The predicted molar refractivity (Wildman–Crippen MR) is 63.8 cm³/mol. The van der Waals surface area contributed by atoms with Gasteiger partial charge in [0.25, 0.3) is 0 Å². The van der Waals surface area contributed by atoms with Crippen molar-refractivity contribution in [1.29, 1.82) is 0 Å². The molecule has 0 saturated heterocycles. The first-order chi connectivity index (χ1) is 8.22. The fourth-order valence-corrected chi connectivity index (χ4v) is 2.36. The highest BCUT2D eigenvalue weighted by Gasteiger charge is 2.29. The van der Waals surface area contributed by atoms with Gasteiger partial charge in [-0.2, -0.15) is 0 Å². The van der Waals surface area contributed by atoms with Gasteiger partial charge in [-0.15, -0.1) is 0 Å². The quantitative estimate of drug-likeness (QED) is 0.819. The van der Waals surface area contributed by atoms with E-state index in [9.17, 15) is 9.90 Å². The second-order valence-electron chi connectivity index (χ2n) is 4.40. The summed E-state index contributed by atoms with van der Waals surface area (Å²) in [6.07, 6.45) is 0.689. The second kappa shape index (κ2) is 5.29. The van der Waals surface area contributed by atoms with Crippen molar-refractivity contribution in [3.8, 4) is 0 Å². The number of aliphatic hydroxyl groups is 1. The molecule has 0 aromatic heterocycles. The Morgan fingerprint density at radius 2 is 2.18 bits per heavy atom. The number of nitrogens with zero attached hydrogens (tertiary/aromatic N) is 1. The monoisotopic (exact) mass is 235 g/mol. The molecule has 0 bridgehead atoms. The van der Waals surface area contributed by atoms with Gasteiger partial charge in [0.15, 0.2) is 0 Å². The molecule has 0 radical (unpaired) electrons. The van der Waals surface area contributed by atoms with Gasteiger partial charge in [0, 0.05) is 26.2 Å². The standard InChI is InChI=1S/C13H17NO3/c15-7-3-6-14-8-10-4-1-2-5-11(10)12(9-14)13(16)17/h1-2,4-5,12,15H,3,6-9H2,(H,16,17). The zero-order chi connectivity index (χ0) is 12.3. The van der Waals surface area contributed by atoms with E-state index in [1.807, 2.05) is 24.3 Å². The number of aliphatic hydroxyl groups excluding tert-OH is 1. The molecule has 4 heteroatoms. The van der Waals surface area contributed by atoms with Crippen LogP contribution in [0.3, 0.4) is 0 Å². The van der Waals surface area contributed by atoms with Crippen molar-refractivity contribution >= 4 is 5.97 Å². The summed E-state index contributed by atoms with van der Waals surface area (Å²) >= 11 is 0. The Morgan fingerprint density at radius 3 is 2.88 bits per heavy atom. The van der Waals surface area contributed by atoms with Crippen molar-refractivity contribution in [2.75, 3.05) is 19.7 Å². The molecule has 1 aromatic carbocycles. The first-order valence-electron chi connectivity index (χ1n) is 5.86. The van der Waals surface area contributed by atoms with E-state index in [0.29, 0.717) is 13.0 Å². The SMILES string of the molecule is O=C(O)C1CN(CCCO)Cc2ccccc21. The van der Waals surface area contributed by atoms with Crippen molar-refractivity contribution in [1.82, 2.24) is 4.90 Å². The zero-order valence-electron chi connectivity index (χ0n) is 9.67. The Balaban J connectivity index is 2.20. The third-order valence-corrected chi connectivity index (χ3v) is 3.20. The summed E-state index contributed by atoms with van der Waals surface area (Å²) in [7, 11) is 0. The van der Waals surface area contributed by atoms with Gasteiger partial charge >= 0.3 is 5.97 Å². The van der Waals surface area contributed by atoms with Gasteiger partial charge in [-0.05, 0) is 17.5 Å². The average molecular weight is 235 g/mol. The lowest BCUT2D eigenvalue weighted by atomic mass is 9.90. The minimum Gasteiger partial charge on any atom is -0.481 e. The van der Waals surface area contributed by atoms with Crippen molar-refractivity contribution in [3.63, 3.8) is 0 Å². The van der Waals surface area contributed by atoms with Crippen LogP contribution in [0, 0.1) is 0 Å². The smallest absolute Gasteiger partial charge is 0.312 e. The van der Waals surface area contributed by atoms with E-state index in [4.69, 9.17) is 5.11 Å². The molecule has 1 heterocycles. The van der Waals surface area contributed by atoms with E-state index < -0.39 is 11.9 Å². The highest BCUT2D eigenvalue weighted by atomic mass is 16.4. The van der Waals surface area contributed by atoms with E-state index in [-0.39, 0.29) is 6.61 Å². The molecule has 2 N–H and O–H groups in total.